The number of pyridine rings is 1. The third-order valence-corrected chi connectivity index (χ3v) is 7.38. The molecule has 2 aliphatic heterocycles. The second-order valence-electron chi connectivity index (χ2n) is 8.11. The van der Waals surface area contributed by atoms with Gasteiger partial charge in [0.25, 0.3) is 0 Å². The van der Waals surface area contributed by atoms with Gasteiger partial charge in [0.15, 0.2) is 0 Å². The molecule has 2 saturated heterocycles. The van der Waals surface area contributed by atoms with E-state index in [9.17, 15) is 10.1 Å². The van der Waals surface area contributed by atoms with Gasteiger partial charge in [-0.05, 0) is 24.0 Å². The Labute approximate surface area is 186 Å². The number of primary amides is 1. The molecular formula is C23H24N6OS. The molecule has 0 saturated carbocycles. The van der Waals surface area contributed by atoms with Gasteiger partial charge in [0, 0.05) is 31.6 Å². The highest BCUT2D eigenvalue weighted by atomic mass is 32.2. The molecule has 7 nitrogen and oxygen atoms in total. The Kier molecular flexibility index (Phi) is 5.86. The first kappa shape index (κ1) is 21.2. The maximum atomic E-state index is 12.3. The minimum atomic E-state index is -0.669. The second-order valence-corrected chi connectivity index (χ2v) is 9.20. The average molecular weight is 433 g/mol. The summed E-state index contributed by atoms with van der Waals surface area (Å²) in [6.45, 7) is 13.4. The zero-order chi connectivity index (χ0) is 22.0. The highest BCUT2D eigenvalue weighted by Gasteiger charge is 2.44. The SMILES string of the molecule is [C-]#[N+]c1c(N2CCC3(CNC3)C2)nc(SC(C(N)=O)c2ccccc2)c(C#N)c1CC. The minimum Gasteiger partial charge on any atom is -0.368 e. The molecule has 8 heteroatoms. The Bertz CT molecular complexity index is 1080. The molecular weight excluding hydrogens is 408 g/mol. The molecule has 2 aromatic rings. The number of nitrogens with zero attached hydrogens (tertiary/aromatic N) is 4. The zero-order valence-corrected chi connectivity index (χ0v) is 18.2. The quantitative estimate of drug-likeness (QED) is 0.537. The monoisotopic (exact) mass is 432 g/mol. The van der Waals surface area contributed by atoms with Crippen molar-refractivity contribution < 1.29 is 4.79 Å². The molecule has 3 heterocycles. The predicted octanol–water partition coefficient (Wildman–Crippen LogP) is 3.18. The number of nitrogens with one attached hydrogen (secondary N) is 1. The summed E-state index contributed by atoms with van der Waals surface area (Å²) in [7, 11) is 0. The van der Waals surface area contributed by atoms with Gasteiger partial charge in [-0.15, -0.1) is 0 Å². The highest BCUT2D eigenvalue weighted by Crippen LogP contribution is 2.45. The molecule has 31 heavy (non-hydrogen) atoms. The van der Waals surface area contributed by atoms with Crippen LogP contribution in [0.25, 0.3) is 4.85 Å². The molecule has 1 aromatic heterocycles. The number of thioether (sulfide) groups is 1. The largest absolute Gasteiger partial charge is 0.368 e. The van der Waals surface area contributed by atoms with Crippen molar-refractivity contribution in [2.45, 2.75) is 30.0 Å². The van der Waals surface area contributed by atoms with Gasteiger partial charge in [0.05, 0.1) is 12.1 Å². The Morgan fingerprint density at radius 1 is 1.45 bits per heavy atom. The van der Waals surface area contributed by atoms with Crippen LogP contribution in [0.2, 0.25) is 0 Å². The molecule has 2 aliphatic rings. The van der Waals surface area contributed by atoms with Gasteiger partial charge in [0.2, 0.25) is 11.6 Å². The van der Waals surface area contributed by atoms with Crippen molar-refractivity contribution in [2.24, 2.45) is 11.1 Å². The lowest BCUT2D eigenvalue weighted by molar-refractivity contribution is -0.117. The lowest BCUT2D eigenvalue weighted by Crippen LogP contribution is -2.54. The molecule has 3 N–H and O–H groups in total. The topological polar surface area (TPSA) is 99.4 Å². The average Bonchev–Trinajstić information content (AvgIpc) is 3.23. The first-order valence-electron chi connectivity index (χ1n) is 10.3. The summed E-state index contributed by atoms with van der Waals surface area (Å²) in [4.78, 5) is 23.0. The fraction of sp³-hybridized carbons (Fsp3) is 0.391. The van der Waals surface area contributed by atoms with Crippen LogP contribution in [-0.2, 0) is 11.2 Å². The van der Waals surface area contributed by atoms with E-state index in [0.717, 1.165) is 38.2 Å². The molecule has 2 fully saturated rings. The molecule has 0 bridgehead atoms. The van der Waals surface area contributed by atoms with Crippen LogP contribution >= 0.6 is 11.8 Å². The van der Waals surface area contributed by atoms with Crippen LogP contribution in [0.5, 0.6) is 0 Å². The van der Waals surface area contributed by atoms with E-state index < -0.39 is 11.2 Å². The first-order valence-corrected chi connectivity index (χ1v) is 11.2. The lowest BCUT2D eigenvalue weighted by Gasteiger charge is -2.39. The van der Waals surface area contributed by atoms with Crippen molar-refractivity contribution in [3.63, 3.8) is 0 Å². The third-order valence-electron chi connectivity index (χ3n) is 6.13. The Morgan fingerprint density at radius 2 is 2.19 bits per heavy atom. The Morgan fingerprint density at radius 3 is 2.71 bits per heavy atom. The van der Waals surface area contributed by atoms with Crippen molar-refractivity contribution in [2.75, 3.05) is 31.1 Å². The predicted molar refractivity (Wildman–Crippen MR) is 121 cm³/mol. The van der Waals surface area contributed by atoms with Gasteiger partial charge in [0.1, 0.15) is 22.2 Å². The third kappa shape index (κ3) is 3.85. The fourth-order valence-corrected chi connectivity index (χ4v) is 5.44. The number of amides is 1. The highest BCUT2D eigenvalue weighted by molar-refractivity contribution is 8.00. The van der Waals surface area contributed by atoms with Crippen molar-refractivity contribution in [1.29, 1.82) is 5.26 Å². The standard InChI is InChI=1S/C23H24N6OS/c1-3-16-17(11-24)22(31-19(20(25)30)15-7-5-4-6-8-15)28-21(18(16)26-2)29-10-9-23(14-29)12-27-13-23/h4-8,19,27H,3,9-10,12-14H2,1H3,(H2,25,30). The van der Waals surface area contributed by atoms with Gasteiger partial charge in [-0.3, -0.25) is 4.79 Å². The summed E-state index contributed by atoms with van der Waals surface area (Å²) in [5.41, 5.74) is 8.23. The number of benzene rings is 1. The molecule has 0 radical (unpaired) electrons. The molecule has 1 atom stereocenters. The van der Waals surface area contributed by atoms with E-state index in [4.69, 9.17) is 17.3 Å². The first-order chi connectivity index (χ1) is 15.0. The molecule has 1 amide bonds. The van der Waals surface area contributed by atoms with E-state index in [-0.39, 0.29) is 5.41 Å². The number of nitriles is 1. The normalized spacial score (nSPS) is 17.6. The molecule has 1 unspecified atom stereocenters. The second kappa shape index (κ2) is 8.58. The number of anilines is 1. The summed E-state index contributed by atoms with van der Waals surface area (Å²) in [5, 5.41) is 13.1. The van der Waals surface area contributed by atoms with Crippen molar-refractivity contribution in [3.8, 4) is 6.07 Å². The van der Waals surface area contributed by atoms with Gasteiger partial charge in [-0.2, -0.15) is 5.26 Å². The molecule has 158 valence electrons. The maximum Gasteiger partial charge on any atom is 0.235 e. The van der Waals surface area contributed by atoms with E-state index in [1.807, 2.05) is 37.3 Å². The summed E-state index contributed by atoms with van der Waals surface area (Å²) >= 11 is 1.19. The van der Waals surface area contributed by atoms with E-state index in [2.05, 4.69) is 21.1 Å². The van der Waals surface area contributed by atoms with Gasteiger partial charge < -0.3 is 16.0 Å². The maximum absolute atomic E-state index is 12.3. The molecule has 1 aromatic carbocycles. The molecule has 1 spiro atoms. The van der Waals surface area contributed by atoms with Gasteiger partial charge in [-0.1, -0.05) is 49.0 Å². The van der Waals surface area contributed by atoms with Gasteiger partial charge in [-0.25, -0.2) is 9.83 Å². The summed E-state index contributed by atoms with van der Waals surface area (Å²) in [6, 6.07) is 11.5. The lowest BCUT2D eigenvalue weighted by atomic mass is 9.81. The minimum absolute atomic E-state index is 0.244. The number of hydrogen-bond acceptors (Lipinski definition) is 6. The number of hydrogen-bond donors (Lipinski definition) is 2. The molecule has 0 aliphatic carbocycles. The van der Waals surface area contributed by atoms with Crippen LogP contribution in [0.15, 0.2) is 35.4 Å². The van der Waals surface area contributed by atoms with E-state index >= 15 is 0 Å². The zero-order valence-electron chi connectivity index (χ0n) is 17.4. The van der Waals surface area contributed by atoms with Crippen molar-refractivity contribution >= 4 is 29.2 Å². The van der Waals surface area contributed by atoms with Crippen molar-refractivity contribution in [1.82, 2.24) is 10.3 Å². The Balaban J connectivity index is 1.79. The van der Waals surface area contributed by atoms with Crippen LogP contribution in [0, 0.1) is 23.3 Å². The van der Waals surface area contributed by atoms with E-state index in [0.29, 0.717) is 34.1 Å². The van der Waals surface area contributed by atoms with Crippen LogP contribution in [-0.4, -0.2) is 37.1 Å². The number of aromatic nitrogens is 1. The van der Waals surface area contributed by atoms with Crippen LogP contribution in [0.3, 0.4) is 0 Å². The van der Waals surface area contributed by atoms with Crippen molar-refractivity contribution in [3.05, 3.63) is 58.4 Å². The summed E-state index contributed by atoms with van der Waals surface area (Å²) in [5.74, 6) is 0.129. The van der Waals surface area contributed by atoms with Gasteiger partial charge >= 0.3 is 0 Å². The number of rotatable bonds is 6. The summed E-state index contributed by atoms with van der Waals surface area (Å²) < 4.78 is 0. The van der Waals surface area contributed by atoms with Crippen LogP contribution < -0.4 is 16.0 Å². The van der Waals surface area contributed by atoms with Crippen LogP contribution in [0.4, 0.5) is 11.5 Å². The van der Waals surface area contributed by atoms with E-state index in [1.165, 1.54) is 11.8 Å². The fourth-order valence-electron chi connectivity index (χ4n) is 4.38. The Hall–Kier alpha value is -3.07. The number of nitrogens with two attached hydrogens (primary N) is 1. The smallest absolute Gasteiger partial charge is 0.235 e. The number of carbonyl (C=O) groups excluding carboxylic acids is 1. The van der Waals surface area contributed by atoms with E-state index in [1.54, 1.807) is 0 Å². The summed E-state index contributed by atoms with van der Waals surface area (Å²) in [6.07, 6.45) is 1.59. The molecule has 4 rings (SSSR count). The van der Waals surface area contributed by atoms with Crippen LogP contribution in [0.1, 0.15) is 35.3 Å². The number of carbonyl (C=O) groups is 1.